The molecule has 0 saturated heterocycles. The molecule has 0 atom stereocenters. The van der Waals surface area contributed by atoms with Crippen LogP contribution >= 0.6 is 0 Å². The Hall–Kier alpha value is -0.900. The van der Waals surface area contributed by atoms with Crippen LogP contribution in [0, 0.1) is 0 Å². The SMILES string of the molecule is CCN(CCCN)Cc1ccc(CO)cc1. The lowest BCUT2D eigenvalue weighted by Gasteiger charge is -2.20. The van der Waals surface area contributed by atoms with Gasteiger partial charge in [0.1, 0.15) is 0 Å². The van der Waals surface area contributed by atoms with Gasteiger partial charge in [0, 0.05) is 6.54 Å². The summed E-state index contributed by atoms with van der Waals surface area (Å²) < 4.78 is 0. The summed E-state index contributed by atoms with van der Waals surface area (Å²) in [5.74, 6) is 0. The predicted octanol–water partition coefficient (Wildman–Crippen LogP) is 1.35. The molecular formula is C13H22N2O. The van der Waals surface area contributed by atoms with Crippen LogP contribution in [0.5, 0.6) is 0 Å². The molecule has 3 heteroatoms. The van der Waals surface area contributed by atoms with Crippen molar-refractivity contribution in [3.05, 3.63) is 35.4 Å². The molecule has 1 rings (SSSR count). The van der Waals surface area contributed by atoms with Crippen LogP contribution in [0.2, 0.25) is 0 Å². The quantitative estimate of drug-likeness (QED) is 0.732. The van der Waals surface area contributed by atoms with Crippen molar-refractivity contribution < 1.29 is 5.11 Å². The van der Waals surface area contributed by atoms with E-state index in [1.54, 1.807) is 0 Å². The van der Waals surface area contributed by atoms with Crippen LogP contribution in [-0.4, -0.2) is 29.6 Å². The fraction of sp³-hybridized carbons (Fsp3) is 0.538. The van der Waals surface area contributed by atoms with Crippen molar-refractivity contribution >= 4 is 0 Å². The van der Waals surface area contributed by atoms with E-state index in [-0.39, 0.29) is 6.61 Å². The van der Waals surface area contributed by atoms with Gasteiger partial charge in [-0.3, -0.25) is 4.90 Å². The first-order chi connectivity index (χ1) is 7.80. The summed E-state index contributed by atoms with van der Waals surface area (Å²) in [6.45, 7) is 6.09. The van der Waals surface area contributed by atoms with Gasteiger partial charge in [0.2, 0.25) is 0 Å². The number of hydrogen-bond donors (Lipinski definition) is 2. The Morgan fingerprint density at radius 3 is 2.31 bits per heavy atom. The van der Waals surface area contributed by atoms with E-state index in [1.165, 1.54) is 5.56 Å². The highest BCUT2D eigenvalue weighted by Gasteiger charge is 2.02. The van der Waals surface area contributed by atoms with Crippen LogP contribution in [0.15, 0.2) is 24.3 Å². The Morgan fingerprint density at radius 1 is 1.19 bits per heavy atom. The van der Waals surface area contributed by atoms with Gasteiger partial charge in [0.15, 0.2) is 0 Å². The first-order valence-corrected chi connectivity index (χ1v) is 5.91. The van der Waals surface area contributed by atoms with Gasteiger partial charge in [-0.1, -0.05) is 31.2 Å². The number of aliphatic hydroxyl groups is 1. The lowest BCUT2D eigenvalue weighted by molar-refractivity contribution is 0.276. The molecule has 0 aliphatic carbocycles. The van der Waals surface area contributed by atoms with Crippen LogP contribution < -0.4 is 5.73 Å². The molecule has 0 radical (unpaired) electrons. The lowest BCUT2D eigenvalue weighted by Crippen LogP contribution is -2.25. The van der Waals surface area contributed by atoms with Gasteiger partial charge in [-0.2, -0.15) is 0 Å². The largest absolute Gasteiger partial charge is 0.392 e. The smallest absolute Gasteiger partial charge is 0.0681 e. The molecule has 0 aliphatic heterocycles. The van der Waals surface area contributed by atoms with E-state index >= 15 is 0 Å². The van der Waals surface area contributed by atoms with Crippen molar-refractivity contribution in [2.24, 2.45) is 5.73 Å². The van der Waals surface area contributed by atoms with Gasteiger partial charge < -0.3 is 10.8 Å². The summed E-state index contributed by atoms with van der Waals surface area (Å²) in [4.78, 5) is 2.38. The maximum absolute atomic E-state index is 8.95. The molecule has 3 N–H and O–H groups in total. The first kappa shape index (κ1) is 13.2. The van der Waals surface area contributed by atoms with Gasteiger partial charge in [-0.05, 0) is 37.2 Å². The van der Waals surface area contributed by atoms with E-state index in [1.807, 2.05) is 12.1 Å². The maximum Gasteiger partial charge on any atom is 0.0681 e. The van der Waals surface area contributed by atoms with Crippen LogP contribution in [0.3, 0.4) is 0 Å². The molecule has 1 aromatic rings. The summed E-state index contributed by atoms with van der Waals surface area (Å²) in [5.41, 5.74) is 7.76. The Bertz CT molecular complexity index is 284. The summed E-state index contributed by atoms with van der Waals surface area (Å²) >= 11 is 0. The van der Waals surface area contributed by atoms with Crippen molar-refractivity contribution in [1.29, 1.82) is 0 Å². The van der Waals surface area contributed by atoms with Crippen LogP contribution in [0.1, 0.15) is 24.5 Å². The number of hydrogen-bond acceptors (Lipinski definition) is 3. The van der Waals surface area contributed by atoms with Gasteiger partial charge >= 0.3 is 0 Å². The molecule has 90 valence electrons. The number of nitrogens with zero attached hydrogens (tertiary/aromatic N) is 1. The number of nitrogens with two attached hydrogens (primary N) is 1. The van der Waals surface area contributed by atoms with Crippen molar-refractivity contribution in [2.45, 2.75) is 26.5 Å². The third kappa shape index (κ3) is 4.31. The molecule has 0 amide bonds. The topological polar surface area (TPSA) is 49.5 Å². The zero-order valence-electron chi connectivity index (χ0n) is 10.0. The normalized spacial score (nSPS) is 11.0. The maximum atomic E-state index is 8.95. The predicted molar refractivity (Wildman–Crippen MR) is 67.0 cm³/mol. The minimum atomic E-state index is 0.116. The fourth-order valence-corrected chi connectivity index (χ4v) is 1.67. The third-order valence-corrected chi connectivity index (χ3v) is 2.74. The second-order valence-corrected chi connectivity index (χ2v) is 3.99. The molecule has 0 saturated carbocycles. The summed E-state index contributed by atoms with van der Waals surface area (Å²) in [6, 6.07) is 8.12. The summed E-state index contributed by atoms with van der Waals surface area (Å²) in [6.07, 6.45) is 1.04. The molecule has 0 heterocycles. The average Bonchev–Trinajstić information content (AvgIpc) is 2.35. The Kier molecular flexibility index (Phi) is 6.08. The van der Waals surface area contributed by atoms with Gasteiger partial charge in [-0.25, -0.2) is 0 Å². The van der Waals surface area contributed by atoms with Gasteiger partial charge in [-0.15, -0.1) is 0 Å². The van der Waals surface area contributed by atoms with Crippen molar-refractivity contribution in [3.8, 4) is 0 Å². The number of benzene rings is 1. The van der Waals surface area contributed by atoms with E-state index in [2.05, 4.69) is 24.0 Å². The second kappa shape index (κ2) is 7.39. The molecule has 0 spiro atoms. The molecule has 0 aliphatic rings. The van der Waals surface area contributed by atoms with Crippen LogP contribution in [-0.2, 0) is 13.2 Å². The second-order valence-electron chi connectivity index (χ2n) is 3.99. The third-order valence-electron chi connectivity index (χ3n) is 2.74. The minimum absolute atomic E-state index is 0.116. The van der Waals surface area contributed by atoms with E-state index in [4.69, 9.17) is 10.8 Å². The Morgan fingerprint density at radius 2 is 1.81 bits per heavy atom. The molecule has 0 unspecified atom stereocenters. The van der Waals surface area contributed by atoms with Crippen LogP contribution in [0.4, 0.5) is 0 Å². The van der Waals surface area contributed by atoms with Gasteiger partial charge in [0.25, 0.3) is 0 Å². The van der Waals surface area contributed by atoms with Gasteiger partial charge in [0.05, 0.1) is 6.61 Å². The number of rotatable bonds is 7. The standard InChI is InChI=1S/C13H22N2O/c1-2-15(9-3-8-14)10-12-4-6-13(11-16)7-5-12/h4-7,16H,2-3,8-11,14H2,1H3. The monoisotopic (exact) mass is 222 g/mol. The molecular weight excluding hydrogens is 200 g/mol. The number of aliphatic hydroxyl groups excluding tert-OH is 1. The highest BCUT2D eigenvalue weighted by molar-refractivity contribution is 5.21. The van der Waals surface area contributed by atoms with E-state index in [0.717, 1.165) is 38.2 Å². The van der Waals surface area contributed by atoms with Crippen molar-refractivity contribution in [3.63, 3.8) is 0 Å². The first-order valence-electron chi connectivity index (χ1n) is 5.91. The van der Waals surface area contributed by atoms with E-state index < -0.39 is 0 Å². The zero-order chi connectivity index (χ0) is 11.8. The zero-order valence-corrected chi connectivity index (χ0v) is 10.0. The Labute approximate surface area is 97.9 Å². The van der Waals surface area contributed by atoms with Crippen LogP contribution in [0.25, 0.3) is 0 Å². The molecule has 16 heavy (non-hydrogen) atoms. The minimum Gasteiger partial charge on any atom is -0.392 e. The van der Waals surface area contributed by atoms with Crippen molar-refractivity contribution in [2.75, 3.05) is 19.6 Å². The molecule has 1 aromatic carbocycles. The lowest BCUT2D eigenvalue weighted by atomic mass is 10.1. The summed E-state index contributed by atoms with van der Waals surface area (Å²) in [5, 5.41) is 8.95. The molecule has 3 nitrogen and oxygen atoms in total. The fourth-order valence-electron chi connectivity index (χ4n) is 1.67. The Balaban J connectivity index is 2.49. The average molecular weight is 222 g/mol. The highest BCUT2D eigenvalue weighted by atomic mass is 16.3. The molecule has 0 aromatic heterocycles. The highest BCUT2D eigenvalue weighted by Crippen LogP contribution is 2.07. The summed E-state index contributed by atoms with van der Waals surface area (Å²) in [7, 11) is 0. The van der Waals surface area contributed by atoms with E-state index in [9.17, 15) is 0 Å². The van der Waals surface area contributed by atoms with Crippen molar-refractivity contribution in [1.82, 2.24) is 4.90 Å². The molecule has 0 fully saturated rings. The molecule has 0 bridgehead atoms. The van der Waals surface area contributed by atoms with E-state index in [0.29, 0.717) is 0 Å².